The lowest BCUT2D eigenvalue weighted by Crippen LogP contribution is -2.20. The molecule has 1 aromatic carbocycles. The normalized spacial score (nSPS) is 10.7. The molecule has 0 saturated heterocycles. The van der Waals surface area contributed by atoms with Gasteiger partial charge in [-0.05, 0) is 35.7 Å². The molecule has 0 aliphatic carbocycles. The minimum absolute atomic E-state index is 0.610. The molecule has 0 atom stereocenters. The first-order valence-corrected chi connectivity index (χ1v) is 8.28. The van der Waals surface area contributed by atoms with Gasteiger partial charge in [0.15, 0.2) is 0 Å². The van der Waals surface area contributed by atoms with Gasteiger partial charge in [0.05, 0.1) is 23.9 Å². The smallest absolute Gasteiger partial charge is 0.119 e. The SMILES string of the molecule is COc1ccc(OCCNCc2cn[nH]c2-c2cccs2)cc1. The number of thiophene rings is 1. The number of benzene rings is 1. The van der Waals surface area contributed by atoms with Gasteiger partial charge in [-0.15, -0.1) is 11.3 Å². The molecule has 120 valence electrons. The highest BCUT2D eigenvalue weighted by Gasteiger charge is 2.07. The number of aromatic nitrogens is 2. The maximum Gasteiger partial charge on any atom is 0.119 e. The van der Waals surface area contributed by atoms with E-state index in [2.05, 4.69) is 27.0 Å². The molecule has 0 fully saturated rings. The Kier molecular flexibility index (Phi) is 5.29. The van der Waals surface area contributed by atoms with Gasteiger partial charge in [-0.25, -0.2) is 0 Å². The third-order valence-corrected chi connectivity index (χ3v) is 4.30. The van der Waals surface area contributed by atoms with Crippen LogP contribution in [0, 0.1) is 0 Å². The van der Waals surface area contributed by atoms with Crippen molar-refractivity contribution >= 4 is 11.3 Å². The lowest BCUT2D eigenvalue weighted by atomic mass is 10.2. The molecule has 2 heterocycles. The molecule has 0 bridgehead atoms. The number of nitrogens with one attached hydrogen (secondary N) is 2. The highest BCUT2D eigenvalue weighted by atomic mass is 32.1. The predicted octanol–water partition coefficient (Wildman–Crippen LogP) is 3.32. The van der Waals surface area contributed by atoms with E-state index in [-0.39, 0.29) is 0 Å². The lowest BCUT2D eigenvalue weighted by molar-refractivity contribution is 0.313. The molecule has 0 radical (unpaired) electrons. The van der Waals surface area contributed by atoms with E-state index in [4.69, 9.17) is 9.47 Å². The number of ether oxygens (including phenoxy) is 2. The molecule has 5 nitrogen and oxygen atoms in total. The van der Waals surface area contributed by atoms with Crippen LogP contribution in [-0.2, 0) is 6.54 Å². The summed E-state index contributed by atoms with van der Waals surface area (Å²) in [5.41, 5.74) is 2.25. The second-order valence-electron chi connectivity index (χ2n) is 4.95. The molecule has 0 aliphatic heterocycles. The van der Waals surface area contributed by atoms with Crippen LogP contribution in [0.4, 0.5) is 0 Å². The zero-order valence-corrected chi connectivity index (χ0v) is 13.7. The van der Waals surface area contributed by atoms with Crippen LogP contribution < -0.4 is 14.8 Å². The van der Waals surface area contributed by atoms with Gasteiger partial charge < -0.3 is 14.8 Å². The molecule has 0 unspecified atom stereocenters. The molecule has 0 spiro atoms. The lowest BCUT2D eigenvalue weighted by Gasteiger charge is -2.08. The van der Waals surface area contributed by atoms with Crippen molar-refractivity contribution in [2.45, 2.75) is 6.54 Å². The Morgan fingerprint density at radius 2 is 2.00 bits per heavy atom. The summed E-state index contributed by atoms with van der Waals surface area (Å²) in [5.74, 6) is 1.67. The van der Waals surface area contributed by atoms with E-state index in [1.54, 1.807) is 18.4 Å². The second kappa shape index (κ2) is 7.80. The quantitative estimate of drug-likeness (QED) is 0.623. The summed E-state index contributed by atoms with van der Waals surface area (Å²) in [6.07, 6.45) is 1.87. The van der Waals surface area contributed by atoms with Crippen LogP contribution >= 0.6 is 11.3 Å². The summed E-state index contributed by atoms with van der Waals surface area (Å²) in [6.45, 7) is 2.13. The minimum Gasteiger partial charge on any atom is -0.497 e. The van der Waals surface area contributed by atoms with E-state index in [9.17, 15) is 0 Å². The number of rotatable bonds is 8. The minimum atomic E-state index is 0.610. The average molecular weight is 329 g/mol. The van der Waals surface area contributed by atoms with Crippen molar-refractivity contribution in [1.82, 2.24) is 15.5 Å². The molecule has 23 heavy (non-hydrogen) atoms. The second-order valence-corrected chi connectivity index (χ2v) is 5.90. The van der Waals surface area contributed by atoms with Crippen molar-refractivity contribution in [3.8, 4) is 22.1 Å². The summed E-state index contributed by atoms with van der Waals surface area (Å²) in [5, 5.41) is 12.6. The van der Waals surface area contributed by atoms with Crippen LogP contribution in [0.1, 0.15) is 5.56 Å². The number of aromatic amines is 1. The van der Waals surface area contributed by atoms with E-state index < -0.39 is 0 Å². The molecule has 3 aromatic rings. The standard InChI is InChI=1S/C17H19N3O2S/c1-21-14-4-6-15(7-5-14)22-9-8-18-11-13-12-19-20-17(13)16-3-2-10-23-16/h2-7,10,12,18H,8-9,11H2,1H3,(H,19,20). The van der Waals surface area contributed by atoms with Crippen molar-refractivity contribution in [3.05, 3.63) is 53.5 Å². The fourth-order valence-corrected chi connectivity index (χ4v) is 2.97. The van der Waals surface area contributed by atoms with E-state index in [1.165, 1.54) is 4.88 Å². The largest absolute Gasteiger partial charge is 0.497 e. The number of H-pyrrole nitrogens is 1. The zero-order valence-electron chi connectivity index (χ0n) is 12.9. The summed E-state index contributed by atoms with van der Waals surface area (Å²) in [7, 11) is 1.65. The van der Waals surface area contributed by atoms with Crippen molar-refractivity contribution in [2.24, 2.45) is 0 Å². The van der Waals surface area contributed by atoms with Crippen LogP contribution in [0.2, 0.25) is 0 Å². The van der Waals surface area contributed by atoms with Gasteiger partial charge in [0, 0.05) is 18.7 Å². The molecule has 3 rings (SSSR count). The zero-order chi connectivity index (χ0) is 15.9. The third kappa shape index (κ3) is 4.12. The molecule has 2 aromatic heterocycles. The van der Waals surface area contributed by atoms with E-state index in [0.29, 0.717) is 6.61 Å². The van der Waals surface area contributed by atoms with Crippen LogP contribution in [0.5, 0.6) is 11.5 Å². The van der Waals surface area contributed by atoms with Gasteiger partial charge >= 0.3 is 0 Å². The first kappa shape index (κ1) is 15.6. The Balaban J connectivity index is 1.43. The van der Waals surface area contributed by atoms with Gasteiger partial charge in [-0.2, -0.15) is 5.10 Å². The van der Waals surface area contributed by atoms with Crippen LogP contribution in [-0.4, -0.2) is 30.5 Å². The number of hydrogen-bond donors (Lipinski definition) is 2. The predicted molar refractivity (Wildman–Crippen MR) is 92.1 cm³/mol. The Morgan fingerprint density at radius 1 is 1.17 bits per heavy atom. The fourth-order valence-electron chi connectivity index (χ4n) is 2.22. The molecule has 0 aliphatic rings. The van der Waals surface area contributed by atoms with E-state index in [1.807, 2.05) is 36.5 Å². The Bertz CT molecular complexity index is 708. The monoisotopic (exact) mass is 329 g/mol. The molecule has 0 amide bonds. The van der Waals surface area contributed by atoms with Crippen molar-refractivity contribution in [2.75, 3.05) is 20.3 Å². The van der Waals surface area contributed by atoms with Gasteiger partial charge in [-0.1, -0.05) is 6.07 Å². The Labute approximate surface area is 139 Å². The van der Waals surface area contributed by atoms with Crippen LogP contribution in [0.15, 0.2) is 48.0 Å². The number of nitrogens with zero attached hydrogens (tertiary/aromatic N) is 1. The molecular weight excluding hydrogens is 310 g/mol. The third-order valence-electron chi connectivity index (χ3n) is 3.41. The summed E-state index contributed by atoms with van der Waals surface area (Å²) < 4.78 is 10.8. The maximum absolute atomic E-state index is 5.69. The number of methoxy groups -OCH3 is 1. The van der Waals surface area contributed by atoms with E-state index in [0.717, 1.165) is 35.8 Å². The fraction of sp³-hybridized carbons (Fsp3) is 0.235. The molecule has 6 heteroatoms. The Hall–Kier alpha value is -2.31. The topological polar surface area (TPSA) is 59.2 Å². The molecular formula is C17H19N3O2S. The highest BCUT2D eigenvalue weighted by molar-refractivity contribution is 7.13. The molecule has 2 N–H and O–H groups in total. The van der Waals surface area contributed by atoms with Gasteiger partial charge in [-0.3, -0.25) is 5.10 Å². The van der Waals surface area contributed by atoms with Gasteiger partial charge in [0.1, 0.15) is 18.1 Å². The van der Waals surface area contributed by atoms with E-state index >= 15 is 0 Å². The van der Waals surface area contributed by atoms with Crippen molar-refractivity contribution in [3.63, 3.8) is 0 Å². The van der Waals surface area contributed by atoms with Crippen LogP contribution in [0.25, 0.3) is 10.6 Å². The van der Waals surface area contributed by atoms with Gasteiger partial charge in [0.25, 0.3) is 0 Å². The van der Waals surface area contributed by atoms with Gasteiger partial charge in [0.2, 0.25) is 0 Å². The van der Waals surface area contributed by atoms with Crippen molar-refractivity contribution in [1.29, 1.82) is 0 Å². The molecule has 0 saturated carbocycles. The van der Waals surface area contributed by atoms with Crippen molar-refractivity contribution < 1.29 is 9.47 Å². The first-order chi connectivity index (χ1) is 11.4. The summed E-state index contributed by atoms with van der Waals surface area (Å²) >= 11 is 1.70. The highest BCUT2D eigenvalue weighted by Crippen LogP contribution is 2.25. The summed E-state index contributed by atoms with van der Waals surface area (Å²) in [4.78, 5) is 1.20. The number of hydrogen-bond acceptors (Lipinski definition) is 5. The maximum atomic E-state index is 5.69. The summed E-state index contributed by atoms with van der Waals surface area (Å²) in [6, 6.07) is 11.7. The van der Waals surface area contributed by atoms with Crippen LogP contribution in [0.3, 0.4) is 0 Å². The average Bonchev–Trinajstić information content (AvgIpc) is 3.26. The Morgan fingerprint density at radius 3 is 2.74 bits per heavy atom. The first-order valence-electron chi connectivity index (χ1n) is 7.40.